The number of para-hydroxylation sites is 1. The number of carbonyl (C=O) groups is 2. The summed E-state index contributed by atoms with van der Waals surface area (Å²) in [5.74, 6) is -0.846. The molecule has 3 aromatic rings. The van der Waals surface area contributed by atoms with E-state index < -0.39 is 11.6 Å². The number of methoxy groups -OCH3 is 1. The summed E-state index contributed by atoms with van der Waals surface area (Å²) < 4.78 is 6.72. The first-order valence-electron chi connectivity index (χ1n) is 6.36. The van der Waals surface area contributed by atoms with E-state index in [0.29, 0.717) is 11.4 Å². The molecule has 5 heteroatoms. The molecule has 0 atom stereocenters. The van der Waals surface area contributed by atoms with E-state index in [1.54, 1.807) is 47.0 Å². The van der Waals surface area contributed by atoms with Gasteiger partial charge in [0.15, 0.2) is 0 Å². The molecule has 21 heavy (non-hydrogen) atoms. The van der Waals surface area contributed by atoms with Crippen molar-refractivity contribution >= 4 is 17.2 Å². The Labute approximate surface area is 120 Å². The average Bonchev–Trinajstić information content (AvgIpc) is 2.97. The van der Waals surface area contributed by atoms with E-state index in [1.807, 2.05) is 6.07 Å². The second kappa shape index (κ2) is 5.20. The van der Waals surface area contributed by atoms with Gasteiger partial charge >= 0.3 is 0 Å². The fraction of sp³-hybridized carbons (Fsp3) is 0.0625. The molecule has 0 saturated carbocycles. The van der Waals surface area contributed by atoms with Crippen LogP contribution in [0.5, 0.6) is 5.75 Å². The van der Waals surface area contributed by atoms with Gasteiger partial charge in [0, 0.05) is 6.20 Å². The largest absolute Gasteiger partial charge is 0.496 e. The number of pyridine rings is 1. The van der Waals surface area contributed by atoms with E-state index in [0.717, 1.165) is 0 Å². The van der Waals surface area contributed by atoms with Crippen molar-refractivity contribution in [1.82, 2.24) is 9.38 Å². The van der Waals surface area contributed by atoms with Gasteiger partial charge in [-0.1, -0.05) is 18.2 Å². The van der Waals surface area contributed by atoms with E-state index in [-0.39, 0.29) is 11.3 Å². The second-order valence-electron chi connectivity index (χ2n) is 4.43. The summed E-state index contributed by atoms with van der Waals surface area (Å²) in [4.78, 5) is 28.9. The highest BCUT2D eigenvalue weighted by molar-refractivity contribution is 6.49. The van der Waals surface area contributed by atoms with Crippen molar-refractivity contribution in [2.45, 2.75) is 0 Å². The number of ketones is 2. The summed E-state index contributed by atoms with van der Waals surface area (Å²) >= 11 is 0. The number of Topliss-reactive ketones (excluding diaryl/α,β-unsaturated/α-hetero) is 2. The van der Waals surface area contributed by atoms with E-state index in [1.165, 1.54) is 13.3 Å². The van der Waals surface area contributed by atoms with E-state index in [2.05, 4.69) is 4.98 Å². The number of ether oxygens (including phenoxy) is 1. The summed E-state index contributed by atoms with van der Waals surface area (Å²) in [5, 5.41) is 0. The summed E-state index contributed by atoms with van der Waals surface area (Å²) in [6.07, 6.45) is 3.11. The van der Waals surface area contributed by atoms with Gasteiger partial charge in [-0.15, -0.1) is 0 Å². The molecular formula is C16H12N2O3. The lowest BCUT2D eigenvalue weighted by atomic mass is 10.0. The van der Waals surface area contributed by atoms with Gasteiger partial charge in [-0.25, -0.2) is 4.98 Å². The van der Waals surface area contributed by atoms with Crippen LogP contribution in [-0.4, -0.2) is 28.1 Å². The zero-order valence-electron chi connectivity index (χ0n) is 11.3. The number of hydrogen-bond acceptors (Lipinski definition) is 4. The van der Waals surface area contributed by atoms with Crippen LogP contribution < -0.4 is 4.74 Å². The third kappa shape index (κ3) is 2.18. The highest BCUT2D eigenvalue weighted by atomic mass is 16.5. The molecule has 0 fully saturated rings. The lowest BCUT2D eigenvalue weighted by molar-refractivity contribution is 0.0811. The molecular weight excluding hydrogens is 268 g/mol. The van der Waals surface area contributed by atoms with Gasteiger partial charge < -0.3 is 4.74 Å². The van der Waals surface area contributed by atoms with Gasteiger partial charge in [-0.2, -0.15) is 0 Å². The van der Waals surface area contributed by atoms with Crippen LogP contribution in [0.3, 0.4) is 0 Å². The van der Waals surface area contributed by atoms with Gasteiger partial charge in [0.05, 0.1) is 18.9 Å². The molecule has 0 bridgehead atoms. The molecule has 0 unspecified atom stereocenters. The number of carbonyl (C=O) groups excluding carboxylic acids is 2. The molecule has 0 aliphatic heterocycles. The molecule has 0 aliphatic rings. The average molecular weight is 280 g/mol. The molecule has 0 spiro atoms. The van der Waals surface area contributed by atoms with Crippen molar-refractivity contribution in [3.63, 3.8) is 0 Å². The molecule has 0 amide bonds. The smallest absolute Gasteiger partial charge is 0.251 e. The van der Waals surface area contributed by atoms with Crippen LogP contribution >= 0.6 is 0 Å². The quantitative estimate of drug-likeness (QED) is 0.544. The number of imidazole rings is 1. The number of hydrogen-bond donors (Lipinski definition) is 0. The Hall–Kier alpha value is -2.95. The molecule has 0 aliphatic carbocycles. The lowest BCUT2D eigenvalue weighted by Gasteiger charge is -2.06. The first-order valence-corrected chi connectivity index (χ1v) is 6.36. The summed E-state index contributed by atoms with van der Waals surface area (Å²) in [6.45, 7) is 0. The SMILES string of the molecule is COc1ccccc1C(=O)C(=O)c1cnc2ccccn12. The highest BCUT2D eigenvalue weighted by Crippen LogP contribution is 2.20. The summed E-state index contributed by atoms with van der Waals surface area (Å²) in [6, 6.07) is 12.0. The minimum Gasteiger partial charge on any atom is -0.496 e. The van der Waals surface area contributed by atoms with Crippen molar-refractivity contribution in [2.75, 3.05) is 7.11 Å². The Kier molecular flexibility index (Phi) is 3.23. The monoisotopic (exact) mass is 280 g/mol. The van der Waals surface area contributed by atoms with Gasteiger partial charge in [0.25, 0.3) is 5.78 Å². The number of nitrogens with zero attached hydrogens (tertiary/aromatic N) is 2. The maximum Gasteiger partial charge on any atom is 0.251 e. The van der Waals surface area contributed by atoms with E-state index in [9.17, 15) is 9.59 Å². The topological polar surface area (TPSA) is 60.7 Å². The fourth-order valence-corrected chi connectivity index (χ4v) is 2.17. The summed E-state index contributed by atoms with van der Waals surface area (Å²) in [5.41, 5.74) is 1.10. The van der Waals surface area contributed by atoms with Crippen LogP contribution in [0.25, 0.3) is 5.65 Å². The van der Waals surface area contributed by atoms with Crippen molar-refractivity contribution in [2.24, 2.45) is 0 Å². The maximum atomic E-state index is 12.4. The van der Waals surface area contributed by atoms with Gasteiger partial charge in [0.2, 0.25) is 5.78 Å². The van der Waals surface area contributed by atoms with Gasteiger partial charge in [-0.3, -0.25) is 14.0 Å². The van der Waals surface area contributed by atoms with Gasteiger partial charge in [0.1, 0.15) is 17.1 Å². The van der Waals surface area contributed by atoms with Crippen LogP contribution in [0.15, 0.2) is 54.9 Å². The minimum absolute atomic E-state index is 0.238. The van der Waals surface area contributed by atoms with Crippen molar-refractivity contribution < 1.29 is 14.3 Å². The zero-order valence-corrected chi connectivity index (χ0v) is 11.3. The predicted octanol–water partition coefficient (Wildman–Crippen LogP) is 2.41. The first kappa shape index (κ1) is 13.1. The molecule has 3 rings (SSSR count). The molecule has 2 heterocycles. The molecule has 2 aromatic heterocycles. The van der Waals surface area contributed by atoms with E-state index in [4.69, 9.17) is 4.74 Å². The van der Waals surface area contributed by atoms with Crippen molar-refractivity contribution in [1.29, 1.82) is 0 Å². The van der Waals surface area contributed by atoms with Crippen LogP contribution in [0.1, 0.15) is 20.8 Å². The molecule has 1 aromatic carbocycles. The van der Waals surface area contributed by atoms with E-state index >= 15 is 0 Å². The van der Waals surface area contributed by atoms with Crippen molar-refractivity contribution in [3.05, 3.63) is 66.1 Å². The molecule has 0 radical (unpaired) electrons. The van der Waals surface area contributed by atoms with Gasteiger partial charge in [-0.05, 0) is 24.3 Å². The Morgan fingerprint density at radius 1 is 1.05 bits per heavy atom. The first-order chi connectivity index (χ1) is 10.2. The number of fused-ring (bicyclic) bond motifs is 1. The Bertz CT molecular complexity index is 836. The number of rotatable bonds is 4. The zero-order chi connectivity index (χ0) is 14.8. The summed E-state index contributed by atoms with van der Waals surface area (Å²) in [7, 11) is 1.46. The Balaban J connectivity index is 2.04. The molecule has 104 valence electrons. The minimum atomic E-state index is -0.613. The third-order valence-electron chi connectivity index (χ3n) is 3.21. The Morgan fingerprint density at radius 2 is 1.81 bits per heavy atom. The molecule has 0 N–H and O–H groups in total. The maximum absolute atomic E-state index is 12.4. The van der Waals surface area contributed by atoms with Crippen LogP contribution in [0, 0.1) is 0 Å². The fourth-order valence-electron chi connectivity index (χ4n) is 2.17. The standard InChI is InChI=1S/C16H12N2O3/c1-21-13-7-3-2-6-11(13)15(19)16(20)12-10-17-14-8-4-5-9-18(12)14/h2-10H,1H3. The highest BCUT2D eigenvalue weighted by Gasteiger charge is 2.24. The number of aromatic nitrogens is 2. The predicted molar refractivity (Wildman–Crippen MR) is 76.8 cm³/mol. The third-order valence-corrected chi connectivity index (χ3v) is 3.21. The normalized spacial score (nSPS) is 10.5. The van der Waals surface area contributed by atoms with Crippen molar-refractivity contribution in [3.8, 4) is 5.75 Å². The second-order valence-corrected chi connectivity index (χ2v) is 4.43. The lowest BCUT2D eigenvalue weighted by Crippen LogP contribution is -2.17. The van der Waals surface area contributed by atoms with Crippen LogP contribution in [0.4, 0.5) is 0 Å². The molecule has 0 saturated heterocycles. The number of benzene rings is 1. The Morgan fingerprint density at radius 3 is 2.62 bits per heavy atom. The molecule has 5 nitrogen and oxygen atoms in total. The van der Waals surface area contributed by atoms with Crippen LogP contribution in [-0.2, 0) is 0 Å². The van der Waals surface area contributed by atoms with Crippen LogP contribution in [0.2, 0.25) is 0 Å².